The maximum Gasteiger partial charge on any atom is 0.408 e. The summed E-state index contributed by atoms with van der Waals surface area (Å²) in [4.78, 5) is 49.6. The van der Waals surface area contributed by atoms with E-state index in [0.717, 1.165) is 18.1 Å². The van der Waals surface area contributed by atoms with Crippen molar-refractivity contribution in [3.63, 3.8) is 0 Å². The molecule has 0 fully saturated rings. The first-order valence-electron chi connectivity index (χ1n) is 10.9. The van der Waals surface area contributed by atoms with Gasteiger partial charge in [-0.2, -0.15) is 0 Å². The Labute approximate surface area is 199 Å². The second-order valence-corrected chi connectivity index (χ2v) is 8.59. The van der Waals surface area contributed by atoms with Crippen LogP contribution in [-0.4, -0.2) is 41.7 Å². The molecule has 0 heterocycles. The van der Waals surface area contributed by atoms with Crippen LogP contribution in [0.5, 0.6) is 0 Å². The minimum atomic E-state index is -1.58. The van der Waals surface area contributed by atoms with E-state index in [1.807, 2.05) is 36.4 Å². The molecule has 0 bridgehead atoms. The van der Waals surface area contributed by atoms with Crippen molar-refractivity contribution in [1.29, 1.82) is 0 Å². The van der Waals surface area contributed by atoms with Crippen molar-refractivity contribution in [1.82, 2.24) is 16.0 Å². The van der Waals surface area contributed by atoms with Crippen LogP contribution in [0.25, 0.3) is 0 Å². The largest absolute Gasteiger partial charge is 0.444 e. The van der Waals surface area contributed by atoms with Crippen molar-refractivity contribution in [2.45, 2.75) is 58.5 Å². The standard InChI is InChI=1S/C25H31N3O6/c1-17(29)33-23(22(31)26-16-19-13-9-6-10-14-19)28-21(30)20(15-18-11-7-5-8-12-18)27-24(32)34-25(2,3)4/h5-14,20,23H,15-16H2,1-4H3,(H,26,31)(H,27,32)(H,28,30)/t20-,23+/m0/s1. The van der Waals surface area contributed by atoms with Gasteiger partial charge in [0, 0.05) is 19.9 Å². The van der Waals surface area contributed by atoms with E-state index in [1.165, 1.54) is 0 Å². The van der Waals surface area contributed by atoms with Crippen LogP contribution in [0, 0.1) is 0 Å². The normalized spacial score (nSPS) is 12.6. The van der Waals surface area contributed by atoms with Crippen LogP contribution in [0.1, 0.15) is 38.8 Å². The summed E-state index contributed by atoms with van der Waals surface area (Å²) in [7, 11) is 0. The quantitative estimate of drug-likeness (QED) is 0.383. The highest BCUT2D eigenvalue weighted by Crippen LogP contribution is 2.09. The van der Waals surface area contributed by atoms with Crippen molar-refractivity contribution in [3.05, 3.63) is 71.8 Å². The molecule has 2 aromatic rings. The van der Waals surface area contributed by atoms with Crippen LogP contribution in [0.15, 0.2) is 60.7 Å². The third-order valence-electron chi connectivity index (χ3n) is 4.39. The molecule has 0 unspecified atom stereocenters. The highest BCUT2D eigenvalue weighted by Gasteiger charge is 2.30. The first-order valence-corrected chi connectivity index (χ1v) is 10.9. The Bertz CT molecular complexity index is 973. The zero-order valence-electron chi connectivity index (χ0n) is 19.8. The van der Waals surface area contributed by atoms with E-state index in [9.17, 15) is 19.2 Å². The van der Waals surface area contributed by atoms with Crippen molar-refractivity contribution in [2.24, 2.45) is 0 Å². The molecule has 0 aliphatic carbocycles. The number of hydrogen-bond donors (Lipinski definition) is 3. The molecule has 9 nitrogen and oxygen atoms in total. The molecule has 0 aliphatic rings. The third-order valence-corrected chi connectivity index (χ3v) is 4.39. The Morgan fingerprint density at radius 3 is 1.91 bits per heavy atom. The van der Waals surface area contributed by atoms with Gasteiger partial charge in [-0.3, -0.25) is 14.4 Å². The van der Waals surface area contributed by atoms with Gasteiger partial charge in [-0.1, -0.05) is 60.7 Å². The van der Waals surface area contributed by atoms with Crippen molar-refractivity contribution < 1.29 is 28.7 Å². The second-order valence-electron chi connectivity index (χ2n) is 8.59. The Hall–Kier alpha value is -3.88. The summed E-state index contributed by atoms with van der Waals surface area (Å²) < 4.78 is 10.3. The fourth-order valence-corrected chi connectivity index (χ4v) is 2.93. The third kappa shape index (κ3) is 9.72. The molecule has 2 aromatic carbocycles. The highest BCUT2D eigenvalue weighted by atomic mass is 16.6. The molecule has 0 aromatic heterocycles. The Morgan fingerprint density at radius 2 is 1.38 bits per heavy atom. The SMILES string of the molecule is CC(=O)O[C@@H](NC(=O)[C@H](Cc1ccccc1)NC(=O)OC(C)(C)C)C(=O)NCc1ccccc1. The number of amides is 3. The molecule has 2 rings (SSSR count). The van der Waals surface area contributed by atoms with Crippen molar-refractivity contribution in [3.8, 4) is 0 Å². The molecular weight excluding hydrogens is 438 g/mol. The number of ether oxygens (including phenoxy) is 2. The molecule has 0 radical (unpaired) electrons. The maximum absolute atomic E-state index is 13.1. The number of nitrogens with one attached hydrogen (secondary N) is 3. The molecule has 2 atom stereocenters. The van der Waals surface area contributed by atoms with Crippen LogP contribution in [-0.2, 0) is 36.8 Å². The van der Waals surface area contributed by atoms with E-state index in [1.54, 1.807) is 45.0 Å². The van der Waals surface area contributed by atoms with Gasteiger partial charge < -0.3 is 25.4 Å². The van der Waals surface area contributed by atoms with E-state index in [4.69, 9.17) is 9.47 Å². The number of benzene rings is 2. The van der Waals surface area contributed by atoms with E-state index < -0.39 is 41.7 Å². The summed E-state index contributed by atoms with van der Waals surface area (Å²) in [6.45, 7) is 6.41. The first kappa shape index (κ1) is 26.4. The summed E-state index contributed by atoms with van der Waals surface area (Å²) in [5.74, 6) is -2.17. The van der Waals surface area contributed by atoms with Crippen molar-refractivity contribution in [2.75, 3.05) is 0 Å². The Morgan fingerprint density at radius 1 is 0.824 bits per heavy atom. The van der Waals surface area contributed by atoms with Gasteiger partial charge in [-0.05, 0) is 31.9 Å². The highest BCUT2D eigenvalue weighted by molar-refractivity contribution is 5.91. The van der Waals surface area contributed by atoms with Gasteiger partial charge in [0.05, 0.1) is 0 Å². The molecule has 34 heavy (non-hydrogen) atoms. The smallest absolute Gasteiger partial charge is 0.408 e. The zero-order chi connectivity index (χ0) is 25.1. The van der Waals surface area contributed by atoms with Crippen LogP contribution < -0.4 is 16.0 Å². The number of carbonyl (C=O) groups is 4. The van der Waals surface area contributed by atoms with Crippen LogP contribution in [0.3, 0.4) is 0 Å². The molecule has 0 spiro atoms. The summed E-state index contributed by atoms with van der Waals surface area (Å²) >= 11 is 0. The lowest BCUT2D eigenvalue weighted by Crippen LogP contribution is -2.56. The lowest BCUT2D eigenvalue weighted by Gasteiger charge is -2.25. The van der Waals surface area contributed by atoms with Gasteiger partial charge in [0.1, 0.15) is 11.6 Å². The van der Waals surface area contributed by atoms with Gasteiger partial charge in [0.25, 0.3) is 12.1 Å². The van der Waals surface area contributed by atoms with Crippen LogP contribution in [0.2, 0.25) is 0 Å². The summed E-state index contributed by atoms with van der Waals surface area (Å²) in [5.41, 5.74) is 0.837. The summed E-state index contributed by atoms with van der Waals surface area (Å²) in [6, 6.07) is 17.1. The van der Waals surface area contributed by atoms with Gasteiger partial charge in [-0.25, -0.2) is 4.79 Å². The molecule has 0 aliphatic heterocycles. The maximum atomic E-state index is 13.1. The van der Waals surface area contributed by atoms with Gasteiger partial charge in [0.15, 0.2) is 0 Å². The summed E-state index contributed by atoms with van der Waals surface area (Å²) in [5, 5.41) is 7.57. The van der Waals surface area contributed by atoms with Gasteiger partial charge in [-0.15, -0.1) is 0 Å². The fraction of sp³-hybridized carbons (Fsp3) is 0.360. The number of hydrogen-bond acceptors (Lipinski definition) is 6. The number of carbonyl (C=O) groups excluding carboxylic acids is 4. The van der Waals surface area contributed by atoms with Gasteiger partial charge in [0.2, 0.25) is 5.91 Å². The fourth-order valence-electron chi connectivity index (χ4n) is 2.93. The monoisotopic (exact) mass is 469 g/mol. The van der Waals surface area contributed by atoms with E-state index >= 15 is 0 Å². The minimum absolute atomic E-state index is 0.129. The predicted molar refractivity (Wildman–Crippen MR) is 125 cm³/mol. The summed E-state index contributed by atoms with van der Waals surface area (Å²) in [6.07, 6.45) is -2.24. The second kappa shape index (κ2) is 12.4. The topological polar surface area (TPSA) is 123 Å². The minimum Gasteiger partial charge on any atom is -0.444 e. The van der Waals surface area contributed by atoms with Gasteiger partial charge >= 0.3 is 12.1 Å². The Kier molecular flexibility index (Phi) is 9.61. The molecular formula is C25H31N3O6. The molecule has 3 N–H and O–H groups in total. The molecule has 0 saturated carbocycles. The van der Waals surface area contributed by atoms with Crippen LogP contribution in [0.4, 0.5) is 4.79 Å². The lowest BCUT2D eigenvalue weighted by molar-refractivity contribution is -0.158. The molecule has 182 valence electrons. The van der Waals surface area contributed by atoms with Crippen LogP contribution >= 0.6 is 0 Å². The number of esters is 1. The van der Waals surface area contributed by atoms with E-state index in [-0.39, 0.29) is 13.0 Å². The number of alkyl carbamates (subject to hydrolysis) is 1. The Balaban J connectivity index is 2.13. The average molecular weight is 470 g/mol. The zero-order valence-corrected chi connectivity index (χ0v) is 19.8. The van der Waals surface area contributed by atoms with E-state index in [0.29, 0.717) is 0 Å². The molecule has 3 amide bonds. The first-order chi connectivity index (χ1) is 16.0. The number of rotatable bonds is 9. The van der Waals surface area contributed by atoms with E-state index in [2.05, 4.69) is 16.0 Å². The van der Waals surface area contributed by atoms with Crippen molar-refractivity contribution >= 4 is 23.9 Å². The predicted octanol–water partition coefficient (Wildman–Crippen LogP) is 2.44. The molecule has 9 heteroatoms. The average Bonchev–Trinajstić information content (AvgIpc) is 2.76. The lowest BCUT2D eigenvalue weighted by atomic mass is 10.1. The molecule has 0 saturated heterocycles.